The molecule has 1 aromatic heterocycles. The third-order valence-electron chi connectivity index (χ3n) is 11.6. The number of carboxylic acids is 1. The topological polar surface area (TPSA) is 301 Å². The Morgan fingerprint density at radius 1 is 0.644 bits per heavy atom. The van der Waals surface area contributed by atoms with Gasteiger partial charge in [-0.05, 0) is 87.8 Å². The lowest BCUT2D eigenvalue weighted by molar-refractivity contribution is -0.138. The molecule has 0 bridgehead atoms. The number of rotatable bonds is 30. The van der Waals surface area contributed by atoms with Gasteiger partial charge in [0.2, 0.25) is 29.5 Å². The normalized spacial score (nSPS) is 13.6. The molecule has 0 radical (unpaired) electrons. The maximum absolute atomic E-state index is 14.3. The summed E-state index contributed by atoms with van der Waals surface area (Å²) >= 11 is 0. The highest BCUT2D eigenvalue weighted by atomic mass is 32.3. The zero-order chi connectivity index (χ0) is 53.6. The van der Waals surface area contributed by atoms with E-state index in [0.717, 1.165) is 29.3 Å². The molecule has 4 rings (SSSR count). The van der Waals surface area contributed by atoms with Gasteiger partial charge in [0, 0.05) is 36.0 Å². The maximum atomic E-state index is 14.3. The second kappa shape index (κ2) is 28.9. The summed E-state index contributed by atoms with van der Waals surface area (Å²) in [7, 11) is -4.80. The number of carboxylic acid groups (broad SMARTS) is 1. The lowest BCUT2D eigenvalue weighted by atomic mass is 10.0. The van der Waals surface area contributed by atoms with Crippen LogP contribution >= 0.6 is 0 Å². The molecule has 0 unspecified atom stereocenters. The molecule has 0 aliphatic heterocycles. The van der Waals surface area contributed by atoms with Gasteiger partial charge < -0.3 is 50.9 Å². The first kappa shape index (κ1) is 58.6. The number of ether oxygens (including phenoxy) is 1. The highest BCUT2D eigenvalue weighted by Gasteiger charge is 2.32. The quantitative estimate of drug-likeness (QED) is 0.0235. The summed E-state index contributed by atoms with van der Waals surface area (Å²) in [6, 6.07) is 17.0. The van der Waals surface area contributed by atoms with Gasteiger partial charge in [0.25, 0.3) is 0 Å². The van der Waals surface area contributed by atoms with Crippen LogP contribution in [0.2, 0.25) is 0 Å². The monoisotopic (exact) mass is 1030 g/mol. The van der Waals surface area contributed by atoms with Crippen LogP contribution in [0.1, 0.15) is 116 Å². The largest absolute Gasteiger partial charge is 0.481 e. The second-order valence-corrected chi connectivity index (χ2v) is 19.9. The number of amides is 6. The minimum Gasteiger partial charge on any atom is -0.481 e. The highest BCUT2D eigenvalue weighted by molar-refractivity contribution is 7.81. The van der Waals surface area contributed by atoms with Crippen LogP contribution in [0.25, 0.3) is 10.9 Å². The molecular weight excluding hydrogens is 963 g/mol. The van der Waals surface area contributed by atoms with Gasteiger partial charge in [-0.25, -0.2) is 4.79 Å². The summed E-state index contributed by atoms with van der Waals surface area (Å²) in [5.74, 6) is -4.79. The van der Waals surface area contributed by atoms with E-state index < -0.39 is 94.4 Å². The van der Waals surface area contributed by atoms with Crippen molar-refractivity contribution in [1.82, 2.24) is 36.9 Å². The van der Waals surface area contributed by atoms with E-state index in [1.165, 1.54) is 24.3 Å². The Morgan fingerprint density at radius 2 is 1.23 bits per heavy atom. The molecule has 0 fully saturated rings. The van der Waals surface area contributed by atoms with Crippen molar-refractivity contribution in [1.29, 1.82) is 0 Å². The van der Waals surface area contributed by atoms with Gasteiger partial charge in [0.15, 0.2) is 0 Å². The number of aromatic amines is 1. The molecule has 6 amide bonds. The molecule has 5 atom stereocenters. The molecular formula is C52H71N7O13S. The van der Waals surface area contributed by atoms with E-state index in [-0.39, 0.29) is 37.9 Å². The fraction of sp³-hybridized carbons (Fsp3) is 0.481. The van der Waals surface area contributed by atoms with Crippen molar-refractivity contribution in [2.75, 3.05) is 6.54 Å². The van der Waals surface area contributed by atoms with E-state index in [2.05, 4.69) is 41.1 Å². The number of carbonyl (C=O) groups is 7. The van der Waals surface area contributed by atoms with Crippen molar-refractivity contribution in [2.45, 2.75) is 154 Å². The van der Waals surface area contributed by atoms with Gasteiger partial charge in [0.1, 0.15) is 35.5 Å². The zero-order valence-electron chi connectivity index (χ0n) is 42.2. The van der Waals surface area contributed by atoms with Gasteiger partial charge in [-0.2, -0.15) is 8.42 Å². The van der Waals surface area contributed by atoms with E-state index >= 15 is 0 Å². The number of H-pyrrole nitrogens is 1. The van der Waals surface area contributed by atoms with Crippen LogP contribution in [0.4, 0.5) is 4.79 Å². The van der Waals surface area contributed by atoms with Crippen LogP contribution in [0.15, 0.2) is 85.1 Å². The minimum absolute atomic E-state index is 0.0157. The number of benzene rings is 3. The number of aliphatic carboxylic acids is 1. The Kier molecular flexibility index (Phi) is 23.2. The van der Waals surface area contributed by atoms with Gasteiger partial charge >= 0.3 is 22.5 Å². The van der Waals surface area contributed by atoms with Crippen molar-refractivity contribution in [3.63, 3.8) is 0 Å². The number of carbonyl (C=O) groups excluding carboxylic acids is 6. The zero-order valence-corrected chi connectivity index (χ0v) is 43.0. The SMILES string of the molecule is CCCC[C@H](NC(=O)[C@H](Cc1ccc(OS(=O)(=O)O)cc1)NC(=O)OC(C)(C)C)C(=O)NCC(=O)N[C@H](Cc1c[nH]c2ccccc12)C(=O)N[C@@H](CCCC)C(=O)N[C@@H](CCCCc1ccccc1)CC(=O)O. The Bertz CT molecular complexity index is 2570. The van der Waals surface area contributed by atoms with E-state index in [1.807, 2.05) is 68.4 Å². The number of aryl methyl sites for hydroxylation is 1. The average Bonchev–Trinajstić information content (AvgIpc) is 3.73. The van der Waals surface area contributed by atoms with Crippen LogP contribution in [0, 0.1) is 0 Å². The van der Waals surface area contributed by atoms with Crippen LogP contribution in [0.5, 0.6) is 5.75 Å². The van der Waals surface area contributed by atoms with Crippen molar-refractivity contribution in [2.24, 2.45) is 0 Å². The third-order valence-corrected chi connectivity index (χ3v) is 12.0. The number of hydrogen-bond acceptors (Lipinski definition) is 11. The van der Waals surface area contributed by atoms with Gasteiger partial charge in [-0.3, -0.25) is 33.3 Å². The number of aromatic nitrogens is 1. The first-order chi connectivity index (χ1) is 34.6. The summed E-state index contributed by atoms with van der Waals surface area (Å²) in [5, 5.41) is 26.7. The summed E-state index contributed by atoms with van der Waals surface area (Å²) < 4.78 is 41.3. The van der Waals surface area contributed by atoms with Crippen molar-refractivity contribution in [3.8, 4) is 5.75 Å². The minimum atomic E-state index is -4.80. The number of hydrogen-bond donors (Lipinski definition) is 9. The molecule has 9 N–H and O–H groups in total. The van der Waals surface area contributed by atoms with Gasteiger partial charge in [-0.15, -0.1) is 0 Å². The van der Waals surface area contributed by atoms with E-state index in [9.17, 15) is 47.1 Å². The lowest BCUT2D eigenvalue weighted by Gasteiger charge is -2.26. The number of alkyl carbamates (subject to hydrolysis) is 1. The van der Waals surface area contributed by atoms with E-state index in [4.69, 9.17) is 9.29 Å². The lowest BCUT2D eigenvalue weighted by Crippen LogP contribution is -2.57. The molecule has 4 aromatic rings. The molecule has 21 heteroatoms. The average molecular weight is 1030 g/mol. The van der Waals surface area contributed by atoms with Gasteiger partial charge in [0.05, 0.1) is 13.0 Å². The Labute approximate surface area is 426 Å². The van der Waals surface area contributed by atoms with E-state index in [1.54, 1.807) is 27.0 Å². The molecule has 73 heavy (non-hydrogen) atoms. The first-order valence-electron chi connectivity index (χ1n) is 24.7. The van der Waals surface area contributed by atoms with Crippen molar-refractivity contribution < 1.29 is 60.6 Å². The summed E-state index contributed by atoms with van der Waals surface area (Å²) in [5.41, 5.74) is 2.13. The van der Waals surface area contributed by atoms with E-state index in [0.29, 0.717) is 49.7 Å². The number of fused-ring (bicyclic) bond motifs is 1. The van der Waals surface area contributed by atoms with Crippen LogP contribution in [-0.2, 0) is 63.2 Å². The fourth-order valence-corrected chi connectivity index (χ4v) is 8.32. The molecule has 0 saturated carbocycles. The molecule has 20 nitrogen and oxygen atoms in total. The fourth-order valence-electron chi connectivity index (χ4n) is 7.96. The summed E-state index contributed by atoms with van der Waals surface area (Å²) in [6.45, 7) is 8.09. The molecule has 0 aliphatic carbocycles. The number of nitrogens with one attached hydrogen (secondary N) is 7. The summed E-state index contributed by atoms with van der Waals surface area (Å²) in [4.78, 5) is 97.7. The highest BCUT2D eigenvalue weighted by Crippen LogP contribution is 2.20. The van der Waals surface area contributed by atoms with Gasteiger partial charge in [-0.1, -0.05) is 107 Å². The second-order valence-electron chi connectivity index (χ2n) is 18.9. The predicted octanol–water partition coefficient (Wildman–Crippen LogP) is 5.35. The first-order valence-corrected chi connectivity index (χ1v) is 26.0. The third kappa shape index (κ3) is 21.7. The predicted molar refractivity (Wildman–Crippen MR) is 274 cm³/mol. The Balaban J connectivity index is 1.49. The Hall–Kier alpha value is -7.00. The molecule has 0 spiro atoms. The smallest absolute Gasteiger partial charge is 0.446 e. The standard InChI is InChI=1S/C52H71N7O13S/c1-6-8-22-41(57-49(65)43(59-51(67)71-52(3,4)5)29-35-25-27-38(28-26-35)72-73(68,69)70)47(63)54-33-45(60)56-44(30-36-32-53-40-24-16-15-21-39(36)40)50(66)58-42(23-9-7-2)48(64)55-37(31-46(61)62)20-14-13-19-34-17-11-10-12-18-34/h10-12,15-18,21,24-28,32,37,41-44,53H,6-9,13-14,19-20,22-23,29-31,33H2,1-5H3,(H,54,63)(H,55,64)(H,56,60)(H,57,65)(H,58,66)(H,59,67)(H,61,62)(H,68,69,70)/t37-,41-,42-,43-,44+/m0/s1. The summed E-state index contributed by atoms with van der Waals surface area (Å²) in [6.07, 6.45) is 5.70. The number of para-hydroxylation sites is 1. The molecule has 398 valence electrons. The molecule has 0 aliphatic rings. The van der Waals surface area contributed by atoms with Crippen LogP contribution in [-0.4, -0.2) is 107 Å². The van der Waals surface area contributed by atoms with Crippen LogP contribution < -0.4 is 36.1 Å². The molecule has 3 aromatic carbocycles. The Morgan fingerprint density at radius 3 is 1.84 bits per heavy atom. The van der Waals surface area contributed by atoms with Crippen molar-refractivity contribution >= 4 is 62.9 Å². The van der Waals surface area contributed by atoms with Crippen molar-refractivity contribution in [3.05, 3.63) is 102 Å². The number of unbranched alkanes of at least 4 members (excludes halogenated alkanes) is 3. The van der Waals surface area contributed by atoms with Crippen LogP contribution in [0.3, 0.4) is 0 Å². The maximum Gasteiger partial charge on any atom is 0.446 e. The molecule has 1 heterocycles. The molecule has 0 saturated heterocycles.